The minimum Gasteiger partial charge on any atom is -0.505 e. The number of aromatic hydroxyl groups is 2. The highest BCUT2D eigenvalue weighted by Crippen LogP contribution is 2.47. The first kappa shape index (κ1) is 45.3. The summed E-state index contributed by atoms with van der Waals surface area (Å²) >= 11 is 0. The minimum atomic E-state index is -0.521. The number of anilines is 2. The summed E-state index contributed by atoms with van der Waals surface area (Å²) in [5.74, 6) is -1.32. The number of para-hydroxylation sites is 3. The zero-order valence-corrected chi connectivity index (χ0v) is 40.0. The number of azo groups is 2. The lowest BCUT2D eigenvalue weighted by Crippen LogP contribution is -2.13. The highest BCUT2D eigenvalue weighted by Gasteiger charge is 2.28. The first-order chi connectivity index (χ1) is 37.1. The third-order valence-electron chi connectivity index (χ3n) is 14.0. The molecule has 6 N–H and O–H groups in total. The fourth-order valence-corrected chi connectivity index (χ4v) is 10.2. The number of hydrogen-bond donors (Lipinski definition) is 6. The SMILES string of the molecule is Cc1ccccc1NC(=O)c1cc2ccc3c4ccccc4[nH]c3c2c(N=Nc2ccc3c(c2)C(=O)c2cc(N=Nc4c(O)c(CONc5ccc([N+](=O)[O-])cc5)cc5ccc6c7ccccc7[nH]c6c45)ccc2-3)c1O. The van der Waals surface area contributed by atoms with E-state index in [-0.39, 0.29) is 46.5 Å². The fraction of sp³-hybridized carbons (Fsp3) is 0.0333. The number of amides is 1. The second-order valence-electron chi connectivity index (χ2n) is 18.5. The van der Waals surface area contributed by atoms with Crippen LogP contribution in [0.2, 0.25) is 0 Å². The molecule has 0 fully saturated rings. The molecule has 1 aliphatic rings. The van der Waals surface area contributed by atoms with E-state index < -0.39 is 10.8 Å². The van der Waals surface area contributed by atoms with Crippen LogP contribution >= 0.6 is 0 Å². The number of phenolic OH excluding ortho intramolecular Hbond substituents is 2. The Labute approximate surface area is 429 Å². The van der Waals surface area contributed by atoms with Crippen molar-refractivity contribution in [2.75, 3.05) is 10.8 Å². The number of benzene rings is 10. The smallest absolute Gasteiger partial charge is 0.269 e. The van der Waals surface area contributed by atoms with Crippen molar-refractivity contribution < 1.29 is 29.6 Å². The molecule has 0 radical (unpaired) electrons. The number of fused-ring (bicyclic) bond motifs is 13. The first-order valence-electron chi connectivity index (χ1n) is 24.1. The lowest BCUT2D eigenvalue weighted by molar-refractivity contribution is -0.384. The quantitative estimate of drug-likeness (QED) is 0.0413. The summed E-state index contributed by atoms with van der Waals surface area (Å²) in [6, 6.07) is 50.5. The molecule has 1 aliphatic carbocycles. The van der Waals surface area contributed by atoms with E-state index in [2.05, 4.69) is 41.2 Å². The van der Waals surface area contributed by atoms with Crippen LogP contribution in [-0.2, 0) is 11.4 Å². The number of ketones is 1. The van der Waals surface area contributed by atoms with Gasteiger partial charge in [0, 0.05) is 77.9 Å². The van der Waals surface area contributed by atoms with Crippen molar-refractivity contribution >= 4 is 117 Å². The molecule has 0 spiro atoms. The van der Waals surface area contributed by atoms with E-state index in [9.17, 15) is 29.9 Å². The Kier molecular flexibility index (Phi) is 10.6. The molecule has 13 rings (SSSR count). The van der Waals surface area contributed by atoms with Gasteiger partial charge < -0.3 is 25.5 Å². The molecular formula is C60H39N9O7. The number of hydrogen-bond acceptors (Lipinski definition) is 12. The second kappa shape index (κ2) is 17.9. The molecule has 0 unspecified atom stereocenters. The van der Waals surface area contributed by atoms with E-state index in [1.165, 1.54) is 24.3 Å². The molecule has 16 nitrogen and oxygen atoms in total. The van der Waals surface area contributed by atoms with Crippen LogP contribution in [0.25, 0.3) is 76.3 Å². The Hall–Kier alpha value is -10.6. The van der Waals surface area contributed by atoms with E-state index in [0.29, 0.717) is 72.2 Å². The number of phenols is 2. The predicted molar refractivity (Wildman–Crippen MR) is 294 cm³/mol. The number of H-pyrrole nitrogens is 2. The number of aryl methyl sites for hydroxylation is 1. The minimum absolute atomic E-state index is 0.0121. The lowest BCUT2D eigenvalue weighted by Gasteiger charge is -2.13. The molecule has 2 aromatic heterocycles. The van der Waals surface area contributed by atoms with Crippen LogP contribution < -0.4 is 10.8 Å². The van der Waals surface area contributed by atoms with E-state index >= 15 is 0 Å². The van der Waals surface area contributed by atoms with Gasteiger partial charge >= 0.3 is 0 Å². The Morgan fingerprint density at radius 2 is 1.16 bits per heavy atom. The number of nitro groups is 1. The monoisotopic (exact) mass is 997 g/mol. The number of carbonyl (C=O) groups is 2. The van der Waals surface area contributed by atoms with Gasteiger partial charge in [-0.05, 0) is 101 Å². The number of nitro benzene ring substituents is 1. The molecule has 76 heavy (non-hydrogen) atoms. The molecule has 0 bridgehead atoms. The molecule has 2 heterocycles. The first-order valence-corrected chi connectivity index (χ1v) is 24.1. The maximum absolute atomic E-state index is 14.3. The predicted octanol–water partition coefficient (Wildman–Crippen LogP) is 15.7. The molecule has 0 saturated heterocycles. The molecule has 0 saturated carbocycles. The van der Waals surface area contributed by atoms with E-state index in [4.69, 9.17) is 4.84 Å². The molecule has 16 heteroatoms. The summed E-state index contributed by atoms with van der Waals surface area (Å²) in [4.78, 5) is 51.6. The summed E-state index contributed by atoms with van der Waals surface area (Å²) in [5, 5.41) is 62.9. The molecule has 366 valence electrons. The zero-order valence-electron chi connectivity index (χ0n) is 40.0. The molecular weight excluding hydrogens is 959 g/mol. The van der Waals surface area contributed by atoms with Gasteiger partial charge in [-0.2, -0.15) is 10.2 Å². The molecule has 10 aromatic carbocycles. The average molecular weight is 998 g/mol. The van der Waals surface area contributed by atoms with Crippen molar-refractivity contribution in [1.29, 1.82) is 0 Å². The van der Waals surface area contributed by atoms with Crippen LogP contribution in [-0.4, -0.2) is 36.8 Å². The third kappa shape index (κ3) is 7.59. The van der Waals surface area contributed by atoms with E-state index in [1.54, 1.807) is 48.5 Å². The third-order valence-corrected chi connectivity index (χ3v) is 14.0. The van der Waals surface area contributed by atoms with Gasteiger partial charge in [-0.3, -0.25) is 30.0 Å². The van der Waals surface area contributed by atoms with E-state index in [1.807, 2.05) is 104 Å². The van der Waals surface area contributed by atoms with Crippen molar-refractivity contribution in [2.24, 2.45) is 20.5 Å². The van der Waals surface area contributed by atoms with Crippen LogP contribution in [0.4, 0.5) is 39.8 Å². The van der Waals surface area contributed by atoms with Crippen molar-refractivity contribution in [3.05, 3.63) is 208 Å². The summed E-state index contributed by atoms with van der Waals surface area (Å²) in [5.41, 5.74) is 11.4. The van der Waals surface area contributed by atoms with Gasteiger partial charge in [-0.15, -0.1) is 10.2 Å². The number of non-ortho nitro benzene ring substituents is 1. The molecule has 0 atom stereocenters. The van der Waals surface area contributed by atoms with Crippen molar-refractivity contribution in [3.8, 4) is 22.6 Å². The van der Waals surface area contributed by atoms with Crippen molar-refractivity contribution in [2.45, 2.75) is 13.5 Å². The highest BCUT2D eigenvalue weighted by molar-refractivity contribution is 6.24. The average Bonchev–Trinajstić information content (AvgIpc) is 4.22. The van der Waals surface area contributed by atoms with Crippen LogP contribution in [0.3, 0.4) is 0 Å². The standard InChI is InChI=1S/C60H39N9O7/c1-31-8-2-5-11-48(31)63-60(73)47-27-33-15-23-44-42-10-4-7-13-50(42)62-54(44)52(33)56(59(47)72)67-65-37-19-25-40-39-24-18-36(28-45(39)58(71)46(40)29-37)64-66-55-51-32(14-22-43-41-9-3-6-12-49(41)61-53(43)51)26-34(57(55)70)30-76-68-35-16-20-38(21-17-35)69(74)75/h2-29,61-62,68,70,72H,30H2,1H3,(H,63,73). The zero-order chi connectivity index (χ0) is 51.8. The van der Waals surface area contributed by atoms with Crippen molar-refractivity contribution in [1.82, 2.24) is 9.97 Å². The number of rotatable bonds is 11. The van der Waals surface area contributed by atoms with Gasteiger partial charge in [0.25, 0.3) is 11.6 Å². The summed E-state index contributed by atoms with van der Waals surface area (Å²) in [6.07, 6.45) is 0. The van der Waals surface area contributed by atoms with Gasteiger partial charge in [0.1, 0.15) is 23.7 Å². The van der Waals surface area contributed by atoms with Crippen molar-refractivity contribution in [3.63, 3.8) is 0 Å². The highest BCUT2D eigenvalue weighted by atomic mass is 16.6. The number of carbonyl (C=O) groups excluding carboxylic acids is 2. The topological polar surface area (TPSA) is 232 Å². The number of aromatic amines is 2. The largest absolute Gasteiger partial charge is 0.505 e. The van der Waals surface area contributed by atoms with Crippen LogP contribution in [0.1, 0.15) is 37.4 Å². The van der Waals surface area contributed by atoms with Crippen LogP contribution in [0.15, 0.2) is 190 Å². The maximum Gasteiger partial charge on any atom is 0.269 e. The summed E-state index contributed by atoms with van der Waals surface area (Å²) in [6.45, 7) is 1.78. The summed E-state index contributed by atoms with van der Waals surface area (Å²) in [7, 11) is 0. The number of nitrogens with one attached hydrogen (secondary N) is 4. The molecule has 1 amide bonds. The Bertz CT molecular complexity index is 4540. The van der Waals surface area contributed by atoms with Gasteiger partial charge in [-0.1, -0.05) is 91.0 Å². The second-order valence-corrected chi connectivity index (χ2v) is 18.5. The van der Waals surface area contributed by atoms with Crippen LogP contribution in [0.5, 0.6) is 11.5 Å². The Morgan fingerprint density at radius 3 is 1.75 bits per heavy atom. The van der Waals surface area contributed by atoms with E-state index in [0.717, 1.165) is 49.0 Å². The molecule has 0 aliphatic heterocycles. The maximum atomic E-state index is 14.3. The lowest BCUT2D eigenvalue weighted by atomic mass is 10.00. The summed E-state index contributed by atoms with van der Waals surface area (Å²) < 4.78 is 0. The normalized spacial score (nSPS) is 12.3. The van der Waals surface area contributed by atoms with Gasteiger partial charge in [0.2, 0.25) is 0 Å². The van der Waals surface area contributed by atoms with Gasteiger partial charge in [0.15, 0.2) is 11.5 Å². The Balaban J connectivity index is 0.835. The Morgan fingerprint density at radius 1 is 0.605 bits per heavy atom. The number of aromatic nitrogens is 2. The van der Waals surface area contributed by atoms with Gasteiger partial charge in [0.05, 0.1) is 38.6 Å². The van der Waals surface area contributed by atoms with Crippen LogP contribution in [0, 0.1) is 17.0 Å². The fourth-order valence-electron chi connectivity index (χ4n) is 10.2. The number of nitrogens with zero attached hydrogens (tertiary/aromatic N) is 5. The molecule has 12 aromatic rings. The van der Waals surface area contributed by atoms with Gasteiger partial charge in [-0.25, -0.2) is 0 Å².